The first kappa shape index (κ1) is 17.6. The number of carbonyl (C=O) groups is 2. The summed E-state index contributed by atoms with van der Waals surface area (Å²) >= 11 is 0. The summed E-state index contributed by atoms with van der Waals surface area (Å²) in [6, 6.07) is -0.632. The second kappa shape index (κ2) is 9.55. The summed E-state index contributed by atoms with van der Waals surface area (Å²) in [5.41, 5.74) is 0. The van der Waals surface area contributed by atoms with Crippen molar-refractivity contribution in [3.05, 3.63) is 12.7 Å². The molecule has 0 aliphatic carbocycles. The zero-order valence-corrected chi connectivity index (χ0v) is 12.3. The molecule has 5 heteroatoms. The van der Waals surface area contributed by atoms with Gasteiger partial charge in [0, 0.05) is 0 Å². The average molecular weight is 271 g/mol. The lowest BCUT2D eigenvalue weighted by atomic mass is 9.99. The molecule has 19 heavy (non-hydrogen) atoms. The lowest BCUT2D eigenvalue weighted by Crippen LogP contribution is -2.49. The quantitative estimate of drug-likeness (QED) is 0.393. The summed E-state index contributed by atoms with van der Waals surface area (Å²) in [5, 5.41) is 2.68. The molecule has 0 fully saturated rings. The summed E-state index contributed by atoms with van der Waals surface area (Å²) in [7, 11) is 1.31. The lowest BCUT2D eigenvalue weighted by Gasteiger charge is -2.23. The van der Waals surface area contributed by atoms with Crippen molar-refractivity contribution < 1.29 is 19.1 Å². The molecule has 0 aromatic rings. The number of nitrogens with one attached hydrogen (secondary N) is 1. The Bertz CT molecular complexity index is 304. The second-order valence-corrected chi connectivity index (χ2v) is 4.49. The summed E-state index contributed by atoms with van der Waals surface area (Å²) < 4.78 is 10.0. The molecule has 3 atom stereocenters. The predicted octanol–water partition coefficient (Wildman–Crippen LogP) is 1.67. The molecule has 0 aromatic carbocycles. The van der Waals surface area contributed by atoms with Crippen molar-refractivity contribution in [1.29, 1.82) is 0 Å². The van der Waals surface area contributed by atoms with Crippen LogP contribution in [0.4, 0.5) is 0 Å². The van der Waals surface area contributed by atoms with Crippen LogP contribution in [0.15, 0.2) is 12.7 Å². The normalized spacial score (nSPS) is 15.2. The van der Waals surface area contributed by atoms with E-state index in [-0.39, 0.29) is 11.8 Å². The highest BCUT2D eigenvalue weighted by Gasteiger charge is 2.28. The van der Waals surface area contributed by atoms with E-state index in [0.717, 1.165) is 6.42 Å². The van der Waals surface area contributed by atoms with Gasteiger partial charge in [0.1, 0.15) is 12.1 Å². The van der Waals surface area contributed by atoms with Crippen LogP contribution in [0.5, 0.6) is 0 Å². The standard InChI is InChI=1S/C14H25NO4/c1-6-8-9-19-11(4)13(16)15-12(10(3)7-2)14(17)18-5/h6,10-12H,1,7-9H2,2-5H3,(H,15,16). The Morgan fingerprint density at radius 1 is 1.37 bits per heavy atom. The van der Waals surface area contributed by atoms with Crippen LogP contribution in [-0.4, -0.2) is 37.7 Å². The van der Waals surface area contributed by atoms with Crippen molar-refractivity contribution in [3.8, 4) is 0 Å². The molecule has 0 aliphatic rings. The first-order chi connectivity index (χ1) is 8.97. The van der Waals surface area contributed by atoms with Gasteiger partial charge in [-0.1, -0.05) is 26.3 Å². The Labute approximate surface area is 115 Å². The molecule has 0 saturated heterocycles. The molecule has 110 valence electrons. The number of rotatable bonds is 9. The number of methoxy groups -OCH3 is 1. The van der Waals surface area contributed by atoms with Gasteiger partial charge in [-0.2, -0.15) is 0 Å². The van der Waals surface area contributed by atoms with Crippen LogP contribution in [0.2, 0.25) is 0 Å². The Kier molecular flexibility index (Phi) is 8.87. The van der Waals surface area contributed by atoms with Gasteiger partial charge in [-0.3, -0.25) is 4.79 Å². The van der Waals surface area contributed by atoms with Crippen molar-refractivity contribution in [2.45, 2.75) is 45.8 Å². The van der Waals surface area contributed by atoms with E-state index in [4.69, 9.17) is 9.47 Å². The van der Waals surface area contributed by atoms with E-state index in [2.05, 4.69) is 11.9 Å². The maximum Gasteiger partial charge on any atom is 0.328 e. The minimum absolute atomic E-state index is 0.0109. The van der Waals surface area contributed by atoms with Gasteiger partial charge in [0.25, 0.3) is 0 Å². The van der Waals surface area contributed by atoms with Crippen LogP contribution in [0.25, 0.3) is 0 Å². The van der Waals surface area contributed by atoms with Gasteiger partial charge in [0.15, 0.2) is 0 Å². The third-order valence-corrected chi connectivity index (χ3v) is 3.02. The lowest BCUT2D eigenvalue weighted by molar-refractivity contribution is -0.148. The third-order valence-electron chi connectivity index (χ3n) is 3.02. The van der Waals surface area contributed by atoms with E-state index < -0.39 is 18.1 Å². The van der Waals surface area contributed by atoms with Crippen molar-refractivity contribution in [2.24, 2.45) is 5.92 Å². The molecule has 0 rings (SSSR count). The molecule has 3 unspecified atom stereocenters. The first-order valence-electron chi connectivity index (χ1n) is 6.58. The Morgan fingerprint density at radius 2 is 2.00 bits per heavy atom. The van der Waals surface area contributed by atoms with E-state index >= 15 is 0 Å². The van der Waals surface area contributed by atoms with Gasteiger partial charge >= 0.3 is 5.97 Å². The molecule has 0 radical (unpaired) electrons. The molecule has 0 heterocycles. The van der Waals surface area contributed by atoms with Crippen LogP contribution in [0.3, 0.4) is 0 Å². The van der Waals surface area contributed by atoms with Crippen LogP contribution in [0.1, 0.15) is 33.6 Å². The average Bonchev–Trinajstić information content (AvgIpc) is 2.42. The molecular weight excluding hydrogens is 246 g/mol. The van der Waals surface area contributed by atoms with E-state index in [0.29, 0.717) is 13.0 Å². The van der Waals surface area contributed by atoms with Crippen LogP contribution < -0.4 is 5.32 Å². The monoisotopic (exact) mass is 271 g/mol. The molecule has 0 saturated carbocycles. The van der Waals surface area contributed by atoms with Gasteiger partial charge in [-0.25, -0.2) is 4.79 Å². The molecule has 0 aromatic heterocycles. The predicted molar refractivity (Wildman–Crippen MR) is 73.6 cm³/mol. The second-order valence-electron chi connectivity index (χ2n) is 4.49. The number of hydrogen-bond donors (Lipinski definition) is 1. The summed E-state index contributed by atoms with van der Waals surface area (Å²) in [4.78, 5) is 23.6. The van der Waals surface area contributed by atoms with Gasteiger partial charge in [-0.15, -0.1) is 6.58 Å². The zero-order chi connectivity index (χ0) is 14.8. The smallest absolute Gasteiger partial charge is 0.328 e. The highest BCUT2D eigenvalue weighted by atomic mass is 16.5. The molecule has 5 nitrogen and oxygen atoms in total. The number of amides is 1. The van der Waals surface area contributed by atoms with Gasteiger partial charge in [0.05, 0.1) is 13.7 Å². The van der Waals surface area contributed by atoms with Crippen molar-refractivity contribution in [3.63, 3.8) is 0 Å². The number of hydrogen-bond acceptors (Lipinski definition) is 4. The van der Waals surface area contributed by atoms with Gasteiger partial charge in [-0.05, 0) is 19.3 Å². The number of ether oxygens (including phenoxy) is 2. The fourth-order valence-electron chi connectivity index (χ4n) is 1.47. The zero-order valence-electron chi connectivity index (χ0n) is 12.3. The van der Waals surface area contributed by atoms with Crippen molar-refractivity contribution in [1.82, 2.24) is 5.32 Å². The summed E-state index contributed by atoms with van der Waals surface area (Å²) in [6.45, 7) is 9.52. The SMILES string of the molecule is C=CCCOC(C)C(=O)NC(C(=O)OC)C(C)CC. The van der Waals surface area contributed by atoms with Crippen molar-refractivity contribution in [2.75, 3.05) is 13.7 Å². The number of carbonyl (C=O) groups excluding carboxylic acids is 2. The molecule has 0 spiro atoms. The molecular formula is C14H25NO4. The first-order valence-corrected chi connectivity index (χ1v) is 6.58. The highest BCUT2D eigenvalue weighted by Crippen LogP contribution is 2.10. The Hall–Kier alpha value is -1.36. The summed E-state index contributed by atoms with van der Waals surface area (Å²) in [5.74, 6) is -0.725. The van der Waals surface area contributed by atoms with Crippen LogP contribution in [0, 0.1) is 5.92 Å². The summed E-state index contributed by atoms with van der Waals surface area (Å²) in [6.07, 6.45) is 2.58. The topological polar surface area (TPSA) is 64.6 Å². The van der Waals surface area contributed by atoms with Gasteiger partial charge in [0.2, 0.25) is 5.91 Å². The maximum atomic E-state index is 11.9. The molecule has 1 amide bonds. The molecule has 0 bridgehead atoms. The minimum Gasteiger partial charge on any atom is -0.467 e. The fraction of sp³-hybridized carbons (Fsp3) is 0.714. The Balaban J connectivity index is 4.44. The number of esters is 1. The molecule has 1 N–H and O–H groups in total. The van der Waals surface area contributed by atoms with E-state index in [1.54, 1.807) is 13.0 Å². The van der Waals surface area contributed by atoms with E-state index in [9.17, 15) is 9.59 Å². The van der Waals surface area contributed by atoms with Crippen molar-refractivity contribution >= 4 is 11.9 Å². The van der Waals surface area contributed by atoms with E-state index in [1.807, 2.05) is 13.8 Å². The maximum absolute atomic E-state index is 11.9. The largest absolute Gasteiger partial charge is 0.467 e. The third kappa shape index (κ3) is 6.38. The minimum atomic E-state index is -0.632. The van der Waals surface area contributed by atoms with Gasteiger partial charge < -0.3 is 14.8 Å². The Morgan fingerprint density at radius 3 is 2.47 bits per heavy atom. The van der Waals surface area contributed by atoms with E-state index in [1.165, 1.54) is 7.11 Å². The highest BCUT2D eigenvalue weighted by molar-refractivity contribution is 5.86. The fourth-order valence-corrected chi connectivity index (χ4v) is 1.47. The van der Waals surface area contributed by atoms with Crippen LogP contribution >= 0.6 is 0 Å². The van der Waals surface area contributed by atoms with Crippen LogP contribution in [-0.2, 0) is 19.1 Å². The molecule has 0 aliphatic heterocycles.